The summed E-state index contributed by atoms with van der Waals surface area (Å²) in [5, 5.41) is 18.3. The van der Waals surface area contributed by atoms with E-state index in [0.29, 0.717) is 40.3 Å². The molecule has 0 fully saturated rings. The van der Waals surface area contributed by atoms with Crippen LogP contribution in [0.4, 0.5) is 4.39 Å². The number of rotatable bonds is 5. The molecule has 1 aliphatic heterocycles. The standard InChI is InChI=1S/C25H25FN4O3/c1-14-8-17(12-28-23(14)33-13-25(2,3)24(31)32)16-5-6-18(19(26)10-16)22-29-20-7-4-15(11-27)9-21(20)30-22/h4-7,9,12,14,19H,8,10,13H2,1-3H3,(H,29,30)(H,31,32). The molecule has 2 aliphatic rings. The van der Waals surface area contributed by atoms with Crippen molar-refractivity contribution in [2.45, 2.75) is 39.8 Å². The van der Waals surface area contributed by atoms with Gasteiger partial charge in [0, 0.05) is 24.1 Å². The lowest BCUT2D eigenvalue weighted by Crippen LogP contribution is -2.32. The lowest BCUT2D eigenvalue weighted by Gasteiger charge is -2.26. The molecule has 0 amide bonds. The summed E-state index contributed by atoms with van der Waals surface area (Å²) in [6, 6.07) is 7.22. The molecule has 33 heavy (non-hydrogen) atoms. The van der Waals surface area contributed by atoms with Gasteiger partial charge in [0.05, 0.1) is 28.1 Å². The van der Waals surface area contributed by atoms with Gasteiger partial charge in [-0.1, -0.05) is 19.1 Å². The predicted molar refractivity (Wildman–Crippen MR) is 123 cm³/mol. The van der Waals surface area contributed by atoms with Crippen LogP contribution >= 0.6 is 0 Å². The molecule has 0 radical (unpaired) electrons. The highest BCUT2D eigenvalue weighted by Crippen LogP contribution is 2.35. The van der Waals surface area contributed by atoms with Crippen LogP contribution in [0.15, 0.2) is 52.7 Å². The van der Waals surface area contributed by atoms with Crippen LogP contribution in [-0.4, -0.2) is 39.7 Å². The molecule has 2 aromatic rings. The van der Waals surface area contributed by atoms with Gasteiger partial charge in [-0.3, -0.25) is 4.79 Å². The number of benzene rings is 1. The van der Waals surface area contributed by atoms with Crippen LogP contribution in [0.1, 0.15) is 45.0 Å². The highest BCUT2D eigenvalue weighted by atomic mass is 19.1. The number of aliphatic carboxylic acids is 1. The highest BCUT2D eigenvalue weighted by molar-refractivity contribution is 5.83. The zero-order valence-corrected chi connectivity index (χ0v) is 18.7. The molecular formula is C25H25FN4O3. The number of aromatic nitrogens is 2. The van der Waals surface area contributed by atoms with Crippen LogP contribution in [0.2, 0.25) is 0 Å². The Kier molecular flexibility index (Phi) is 5.90. The number of aromatic amines is 1. The van der Waals surface area contributed by atoms with Crippen molar-refractivity contribution in [2.24, 2.45) is 16.3 Å². The average Bonchev–Trinajstić information content (AvgIpc) is 3.20. The first-order valence-electron chi connectivity index (χ1n) is 10.8. The van der Waals surface area contributed by atoms with E-state index in [4.69, 9.17) is 10.00 Å². The maximum atomic E-state index is 15.1. The number of carboxylic acid groups (broad SMARTS) is 1. The van der Waals surface area contributed by atoms with Gasteiger partial charge in [-0.05, 0) is 49.6 Å². The molecule has 2 heterocycles. The van der Waals surface area contributed by atoms with Gasteiger partial charge in [0.25, 0.3) is 0 Å². The quantitative estimate of drug-likeness (QED) is 0.673. The fraction of sp³-hybridized carbons (Fsp3) is 0.360. The second-order valence-corrected chi connectivity index (χ2v) is 9.12. The number of fused-ring (bicyclic) bond motifs is 1. The summed E-state index contributed by atoms with van der Waals surface area (Å²) in [5.74, 6) is -0.00881. The molecule has 0 spiro atoms. The van der Waals surface area contributed by atoms with Gasteiger partial charge in [-0.25, -0.2) is 14.4 Å². The van der Waals surface area contributed by atoms with Gasteiger partial charge in [0.15, 0.2) is 5.90 Å². The minimum atomic E-state index is -1.23. The number of nitriles is 1. The van der Waals surface area contributed by atoms with E-state index in [1.807, 2.05) is 13.0 Å². The first-order valence-corrected chi connectivity index (χ1v) is 10.8. The number of H-pyrrole nitrogens is 1. The summed E-state index contributed by atoms with van der Waals surface area (Å²) < 4.78 is 20.8. The Labute approximate surface area is 191 Å². The number of alkyl halides is 1. The van der Waals surface area contributed by atoms with E-state index in [9.17, 15) is 9.90 Å². The Morgan fingerprint density at radius 2 is 2.12 bits per heavy atom. The summed E-state index contributed by atoms with van der Waals surface area (Å²) >= 11 is 0. The van der Waals surface area contributed by atoms with Crippen LogP contribution < -0.4 is 0 Å². The van der Waals surface area contributed by atoms with E-state index < -0.39 is 17.6 Å². The Balaban J connectivity index is 1.53. The van der Waals surface area contributed by atoms with E-state index in [1.165, 1.54) is 0 Å². The molecule has 1 aliphatic carbocycles. The number of carboxylic acids is 1. The Morgan fingerprint density at radius 3 is 2.79 bits per heavy atom. The smallest absolute Gasteiger partial charge is 0.312 e. The number of halogens is 1. The third-order valence-electron chi connectivity index (χ3n) is 5.95. The molecule has 4 rings (SSSR count). The molecule has 7 nitrogen and oxygen atoms in total. The van der Waals surface area contributed by atoms with Gasteiger partial charge >= 0.3 is 5.97 Å². The lowest BCUT2D eigenvalue weighted by molar-refractivity contribution is -0.148. The summed E-state index contributed by atoms with van der Waals surface area (Å²) in [5.41, 5.74) is 3.17. The molecule has 0 bridgehead atoms. The maximum absolute atomic E-state index is 15.1. The topological polar surface area (TPSA) is 111 Å². The fourth-order valence-corrected chi connectivity index (χ4v) is 3.80. The third-order valence-corrected chi connectivity index (χ3v) is 5.95. The molecule has 2 N–H and O–H groups in total. The Morgan fingerprint density at radius 1 is 1.33 bits per heavy atom. The van der Waals surface area contributed by atoms with Crippen LogP contribution in [0.25, 0.3) is 16.6 Å². The molecule has 0 saturated carbocycles. The molecule has 0 saturated heterocycles. The van der Waals surface area contributed by atoms with Crippen LogP contribution in [0.3, 0.4) is 0 Å². The van der Waals surface area contributed by atoms with Crippen molar-refractivity contribution in [2.75, 3.05) is 6.61 Å². The summed E-state index contributed by atoms with van der Waals surface area (Å²) in [7, 11) is 0. The van der Waals surface area contributed by atoms with Crippen molar-refractivity contribution in [1.82, 2.24) is 9.97 Å². The number of aliphatic imine (C=N–C) groups is 1. The van der Waals surface area contributed by atoms with Gasteiger partial charge in [-0.15, -0.1) is 0 Å². The number of allylic oxidation sites excluding steroid dienone is 5. The Bertz CT molecular complexity index is 1280. The largest absolute Gasteiger partial charge is 0.481 e. The number of imidazole rings is 1. The van der Waals surface area contributed by atoms with Crippen LogP contribution in [0, 0.1) is 22.7 Å². The first-order chi connectivity index (χ1) is 15.7. The lowest BCUT2D eigenvalue weighted by atomic mass is 9.86. The second kappa shape index (κ2) is 8.66. The van der Waals surface area contributed by atoms with E-state index in [0.717, 1.165) is 11.1 Å². The van der Waals surface area contributed by atoms with Crippen molar-refractivity contribution in [3.05, 3.63) is 59.1 Å². The summed E-state index contributed by atoms with van der Waals surface area (Å²) in [4.78, 5) is 23.3. The van der Waals surface area contributed by atoms with Crippen LogP contribution in [-0.2, 0) is 9.53 Å². The highest BCUT2D eigenvalue weighted by Gasteiger charge is 2.31. The van der Waals surface area contributed by atoms with Gasteiger partial charge in [0.1, 0.15) is 18.6 Å². The first kappa shape index (κ1) is 22.5. The second-order valence-electron chi connectivity index (χ2n) is 9.12. The molecule has 170 valence electrons. The van der Waals surface area contributed by atoms with E-state index in [1.54, 1.807) is 44.3 Å². The molecule has 1 aromatic carbocycles. The minimum Gasteiger partial charge on any atom is -0.481 e. The number of ether oxygens (including phenoxy) is 1. The van der Waals surface area contributed by atoms with Crippen molar-refractivity contribution in [1.29, 1.82) is 5.26 Å². The van der Waals surface area contributed by atoms with Crippen molar-refractivity contribution in [3.63, 3.8) is 0 Å². The number of nitrogens with zero attached hydrogens (tertiary/aromatic N) is 3. The minimum absolute atomic E-state index is 0.0311. The summed E-state index contributed by atoms with van der Waals surface area (Å²) in [6.45, 7) is 5.20. The monoisotopic (exact) mass is 448 g/mol. The van der Waals surface area contributed by atoms with E-state index in [-0.39, 0.29) is 18.9 Å². The molecule has 1 aromatic heterocycles. The van der Waals surface area contributed by atoms with Gasteiger partial charge in [-0.2, -0.15) is 5.26 Å². The Hall–Kier alpha value is -3.73. The molecular weight excluding hydrogens is 423 g/mol. The summed E-state index contributed by atoms with van der Waals surface area (Å²) in [6.07, 6.45) is 4.94. The zero-order valence-electron chi connectivity index (χ0n) is 18.7. The van der Waals surface area contributed by atoms with Gasteiger partial charge in [0.2, 0.25) is 0 Å². The van der Waals surface area contributed by atoms with E-state index in [2.05, 4.69) is 21.0 Å². The van der Waals surface area contributed by atoms with Gasteiger partial charge < -0.3 is 14.8 Å². The molecule has 2 atom stereocenters. The number of carbonyl (C=O) groups is 1. The number of nitrogens with one attached hydrogen (secondary N) is 1. The maximum Gasteiger partial charge on any atom is 0.312 e. The predicted octanol–water partition coefficient (Wildman–Crippen LogP) is 4.94. The SMILES string of the molecule is CC1CC(C2=CC=C(c3nc4ccc(C#N)cc4[nH]3)C(F)C2)=CN=C1OCC(C)(C)C(=O)O. The van der Waals surface area contributed by atoms with Crippen molar-refractivity contribution in [3.8, 4) is 6.07 Å². The van der Waals surface area contributed by atoms with Crippen molar-refractivity contribution < 1.29 is 19.0 Å². The molecule has 2 unspecified atom stereocenters. The normalized spacial score (nSPS) is 20.9. The third kappa shape index (κ3) is 4.58. The number of hydrogen-bond acceptors (Lipinski definition) is 5. The van der Waals surface area contributed by atoms with E-state index >= 15 is 4.39 Å². The average molecular weight is 448 g/mol. The number of hydrogen-bond donors (Lipinski definition) is 2. The zero-order chi connectivity index (χ0) is 23.8. The molecule has 8 heteroatoms. The van der Waals surface area contributed by atoms with Crippen molar-refractivity contribution >= 4 is 28.5 Å². The fourth-order valence-electron chi connectivity index (χ4n) is 3.80. The van der Waals surface area contributed by atoms with Crippen LogP contribution in [0.5, 0.6) is 0 Å².